The third-order valence-corrected chi connectivity index (χ3v) is 2.17. The highest BCUT2D eigenvalue weighted by atomic mass is 19.1. The molecule has 1 aromatic heterocycles. The molecule has 0 saturated heterocycles. The van der Waals surface area contributed by atoms with Gasteiger partial charge in [0.25, 0.3) is 0 Å². The zero-order valence-corrected chi connectivity index (χ0v) is 8.76. The first-order chi connectivity index (χ1) is 6.74. The van der Waals surface area contributed by atoms with Crippen LogP contribution in [-0.2, 0) is 0 Å². The minimum absolute atomic E-state index is 0.272. The van der Waals surface area contributed by atoms with Crippen molar-refractivity contribution < 1.29 is 4.39 Å². The van der Waals surface area contributed by atoms with Crippen LogP contribution in [0.1, 0.15) is 38.7 Å². The zero-order valence-electron chi connectivity index (χ0n) is 8.76. The molecule has 1 heterocycles. The fraction of sp³-hybridized carbons (Fsp3) is 0.417. The lowest BCUT2D eigenvalue weighted by Crippen LogP contribution is -1.85. The van der Waals surface area contributed by atoms with Gasteiger partial charge in [-0.2, -0.15) is 0 Å². The van der Waals surface area contributed by atoms with Gasteiger partial charge in [0.2, 0.25) is 0 Å². The number of unbranched alkanes of at least 4 members (excludes halogenated alkanes) is 2. The molecule has 0 aliphatic rings. The number of hydrogen-bond acceptors (Lipinski definition) is 1. The molecule has 0 aromatic carbocycles. The summed E-state index contributed by atoms with van der Waals surface area (Å²) in [6.45, 7) is 4.15. The molecule has 0 fully saturated rings. The number of nitrogens with zero attached hydrogens (tertiary/aromatic N) is 1. The van der Waals surface area contributed by atoms with Gasteiger partial charge in [0.1, 0.15) is 5.82 Å². The highest BCUT2D eigenvalue weighted by Gasteiger charge is 1.97. The summed E-state index contributed by atoms with van der Waals surface area (Å²) in [5.74, 6) is -0.272. The number of halogens is 1. The van der Waals surface area contributed by atoms with Gasteiger partial charge in [-0.25, -0.2) is 4.39 Å². The maximum atomic E-state index is 12.8. The second kappa shape index (κ2) is 5.53. The molecule has 0 N–H and O–H groups in total. The van der Waals surface area contributed by atoms with E-state index >= 15 is 0 Å². The van der Waals surface area contributed by atoms with Crippen LogP contribution >= 0.6 is 0 Å². The Hall–Kier alpha value is -1.18. The molecule has 14 heavy (non-hydrogen) atoms. The Labute approximate surface area is 84.7 Å². The lowest BCUT2D eigenvalue weighted by atomic mass is 10.1. The minimum atomic E-state index is -0.272. The molecular weight excluding hydrogens is 177 g/mol. The van der Waals surface area contributed by atoms with Gasteiger partial charge in [-0.1, -0.05) is 25.8 Å². The molecule has 0 bridgehead atoms. The summed E-state index contributed by atoms with van der Waals surface area (Å²) in [6.07, 6.45) is 8.48. The highest BCUT2D eigenvalue weighted by molar-refractivity contribution is 5.62. The average molecular weight is 193 g/mol. The molecule has 0 spiro atoms. The quantitative estimate of drug-likeness (QED) is 0.662. The molecule has 0 radical (unpaired) electrons. The van der Waals surface area contributed by atoms with E-state index in [9.17, 15) is 4.39 Å². The van der Waals surface area contributed by atoms with E-state index in [-0.39, 0.29) is 5.82 Å². The topological polar surface area (TPSA) is 12.9 Å². The molecule has 1 rings (SSSR count). The Bertz CT molecular complexity index is 318. The molecule has 0 aliphatic carbocycles. The van der Waals surface area contributed by atoms with Crippen LogP contribution in [0.15, 0.2) is 24.5 Å². The van der Waals surface area contributed by atoms with E-state index in [0.29, 0.717) is 0 Å². The average Bonchev–Trinajstić information content (AvgIpc) is 2.18. The standard InChI is InChI=1S/C12H16FN/c1-3-4-5-6-10(2)11-7-12(13)9-14-8-11/h6-9H,3-5H2,1-2H3/b10-6+. The molecule has 0 atom stereocenters. The summed E-state index contributed by atoms with van der Waals surface area (Å²) in [5, 5.41) is 0. The van der Waals surface area contributed by atoms with Crippen LogP contribution in [-0.4, -0.2) is 4.98 Å². The van der Waals surface area contributed by atoms with Crippen LogP contribution in [0.25, 0.3) is 5.57 Å². The van der Waals surface area contributed by atoms with Gasteiger partial charge in [-0.15, -0.1) is 0 Å². The summed E-state index contributed by atoms with van der Waals surface area (Å²) in [6, 6.07) is 1.52. The first kappa shape index (κ1) is 10.9. The van der Waals surface area contributed by atoms with Crippen molar-refractivity contribution in [3.05, 3.63) is 35.9 Å². The van der Waals surface area contributed by atoms with E-state index in [2.05, 4.69) is 18.0 Å². The van der Waals surface area contributed by atoms with Gasteiger partial charge in [0.15, 0.2) is 0 Å². The Morgan fingerprint density at radius 1 is 1.50 bits per heavy atom. The minimum Gasteiger partial charge on any atom is -0.261 e. The van der Waals surface area contributed by atoms with Crippen LogP contribution in [0.2, 0.25) is 0 Å². The van der Waals surface area contributed by atoms with E-state index in [1.54, 1.807) is 6.20 Å². The lowest BCUT2D eigenvalue weighted by Gasteiger charge is -2.00. The Morgan fingerprint density at radius 2 is 2.29 bits per heavy atom. The van der Waals surface area contributed by atoms with Crippen molar-refractivity contribution >= 4 is 5.57 Å². The summed E-state index contributed by atoms with van der Waals surface area (Å²) in [5.41, 5.74) is 1.98. The maximum absolute atomic E-state index is 12.8. The predicted octanol–water partition coefficient (Wildman–Crippen LogP) is 3.81. The van der Waals surface area contributed by atoms with Gasteiger partial charge < -0.3 is 0 Å². The number of hydrogen-bond donors (Lipinski definition) is 0. The van der Waals surface area contributed by atoms with E-state index in [0.717, 1.165) is 17.6 Å². The summed E-state index contributed by atoms with van der Waals surface area (Å²) < 4.78 is 12.8. The van der Waals surface area contributed by atoms with Gasteiger partial charge >= 0.3 is 0 Å². The summed E-state index contributed by atoms with van der Waals surface area (Å²) in [7, 11) is 0. The summed E-state index contributed by atoms with van der Waals surface area (Å²) in [4.78, 5) is 3.82. The zero-order chi connectivity index (χ0) is 10.4. The van der Waals surface area contributed by atoms with E-state index in [1.165, 1.54) is 25.1 Å². The second-order valence-electron chi connectivity index (χ2n) is 3.42. The Balaban J connectivity index is 2.68. The third-order valence-electron chi connectivity index (χ3n) is 2.17. The van der Waals surface area contributed by atoms with Crippen LogP contribution in [0.5, 0.6) is 0 Å². The molecule has 76 valence electrons. The van der Waals surface area contributed by atoms with Crippen molar-refractivity contribution in [1.29, 1.82) is 0 Å². The van der Waals surface area contributed by atoms with Gasteiger partial charge in [0.05, 0.1) is 6.20 Å². The van der Waals surface area contributed by atoms with Crippen molar-refractivity contribution in [3.8, 4) is 0 Å². The number of aromatic nitrogens is 1. The lowest BCUT2D eigenvalue weighted by molar-refractivity contribution is 0.621. The van der Waals surface area contributed by atoms with Crippen LogP contribution in [0.4, 0.5) is 4.39 Å². The monoisotopic (exact) mass is 193 g/mol. The van der Waals surface area contributed by atoms with Gasteiger partial charge in [0, 0.05) is 6.20 Å². The van der Waals surface area contributed by atoms with Gasteiger partial charge in [-0.05, 0) is 30.5 Å². The molecule has 0 amide bonds. The Morgan fingerprint density at radius 3 is 2.93 bits per heavy atom. The maximum Gasteiger partial charge on any atom is 0.142 e. The second-order valence-corrected chi connectivity index (χ2v) is 3.42. The smallest absolute Gasteiger partial charge is 0.142 e. The molecule has 0 unspecified atom stereocenters. The SMILES string of the molecule is CCCC/C=C(\C)c1cncc(F)c1. The molecule has 2 heteroatoms. The van der Waals surface area contributed by atoms with E-state index < -0.39 is 0 Å². The van der Waals surface area contributed by atoms with Crippen molar-refractivity contribution in [2.75, 3.05) is 0 Å². The van der Waals surface area contributed by atoms with E-state index in [4.69, 9.17) is 0 Å². The van der Waals surface area contributed by atoms with Crippen LogP contribution in [0, 0.1) is 5.82 Å². The normalized spacial score (nSPS) is 11.8. The van der Waals surface area contributed by atoms with Crippen molar-refractivity contribution in [3.63, 3.8) is 0 Å². The van der Waals surface area contributed by atoms with Crippen molar-refractivity contribution in [2.24, 2.45) is 0 Å². The number of rotatable bonds is 4. The molecule has 1 nitrogen and oxygen atoms in total. The van der Waals surface area contributed by atoms with Crippen LogP contribution in [0.3, 0.4) is 0 Å². The first-order valence-corrected chi connectivity index (χ1v) is 5.01. The fourth-order valence-corrected chi connectivity index (χ4v) is 1.27. The molecular formula is C12H16FN. The van der Waals surface area contributed by atoms with Gasteiger partial charge in [-0.3, -0.25) is 4.98 Å². The molecule has 1 aromatic rings. The van der Waals surface area contributed by atoms with Crippen LogP contribution < -0.4 is 0 Å². The molecule has 0 aliphatic heterocycles. The van der Waals surface area contributed by atoms with Crippen molar-refractivity contribution in [1.82, 2.24) is 4.98 Å². The summed E-state index contributed by atoms with van der Waals surface area (Å²) >= 11 is 0. The Kier molecular flexibility index (Phi) is 4.30. The number of allylic oxidation sites excluding steroid dienone is 2. The first-order valence-electron chi connectivity index (χ1n) is 5.01. The number of pyridine rings is 1. The fourth-order valence-electron chi connectivity index (χ4n) is 1.27. The predicted molar refractivity (Wildman–Crippen MR) is 57.4 cm³/mol. The largest absolute Gasteiger partial charge is 0.261 e. The molecule has 0 saturated carbocycles. The third kappa shape index (κ3) is 3.29. The highest BCUT2D eigenvalue weighted by Crippen LogP contribution is 2.14. The van der Waals surface area contributed by atoms with Crippen molar-refractivity contribution in [2.45, 2.75) is 33.1 Å². The van der Waals surface area contributed by atoms with E-state index in [1.807, 2.05) is 6.92 Å².